The van der Waals surface area contributed by atoms with Crippen LogP contribution in [0.15, 0.2) is 41.3 Å². The van der Waals surface area contributed by atoms with Crippen molar-refractivity contribution in [3.05, 3.63) is 52.5 Å². The van der Waals surface area contributed by atoms with E-state index in [1.165, 1.54) is 11.8 Å². The molecule has 4 N–H and O–H groups in total. The maximum absolute atomic E-state index is 12.8. The number of hydrogen-bond acceptors (Lipinski definition) is 5. The molecule has 0 saturated heterocycles. The summed E-state index contributed by atoms with van der Waals surface area (Å²) in [6.45, 7) is 5.18. The molecule has 0 radical (unpaired) electrons. The molecule has 1 unspecified atom stereocenters. The lowest BCUT2D eigenvalue weighted by Gasteiger charge is -2.27. The first-order valence-corrected chi connectivity index (χ1v) is 10.7. The number of anilines is 2. The normalized spacial score (nSPS) is 15.5. The van der Waals surface area contributed by atoms with E-state index in [0.29, 0.717) is 16.3 Å². The Hall–Kier alpha value is -2.42. The number of urea groups is 1. The predicted molar refractivity (Wildman–Crippen MR) is 121 cm³/mol. The standard InChI is InChI=1S/C21H25ClN4O3S/c1-12-6-5-7-14(22)17(12)23-18(28)13-8-9-15-16(10-13)30-20(26(15)4)24-19(29)25-21(2,3)11-27/h5-10,20,27H,11H2,1-4H3,(H,23,28)(H2,24,25,29). The van der Waals surface area contributed by atoms with Gasteiger partial charge in [0.1, 0.15) is 0 Å². The van der Waals surface area contributed by atoms with Crippen LogP contribution in [0.2, 0.25) is 5.02 Å². The number of halogens is 1. The van der Waals surface area contributed by atoms with Gasteiger partial charge in [-0.3, -0.25) is 4.79 Å². The summed E-state index contributed by atoms with van der Waals surface area (Å²) in [5.41, 5.74) is 1.83. The molecule has 0 aromatic heterocycles. The third kappa shape index (κ3) is 4.83. The first-order chi connectivity index (χ1) is 14.1. The molecule has 0 saturated carbocycles. The van der Waals surface area contributed by atoms with Crippen molar-refractivity contribution in [3.63, 3.8) is 0 Å². The highest BCUT2D eigenvalue weighted by Crippen LogP contribution is 2.42. The quantitative estimate of drug-likeness (QED) is 0.558. The average Bonchev–Trinajstić information content (AvgIpc) is 2.99. The zero-order valence-electron chi connectivity index (χ0n) is 17.2. The van der Waals surface area contributed by atoms with E-state index in [2.05, 4.69) is 16.0 Å². The third-order valence-corrected chi connectivity index (χ3v) is 6.31. The molecule has 0 spiro atoms. The fourth-order valence-electron chi connectivity index (χ4n) is 2.96. The van der Waals surface area contributed by atoms with E-state index < -0.39 is 5.54 Å². The van der Waals surface area contributed by atoms with Crippen LogP contribution < -0.4 is 20.9 Å². The van der Waals surface area contributed by atoms with E-state index in [-0.39, 0.29) is 24.0 Å². The van der Waals surface area contributed by atoms with Crippen molar-refractivity contribution in [1.29, 1.82) is 0 Å². The minimum atomic E-state index is -0.721. The fourth-order valence-corrected chi connectivity index (χ4v) is 4.44. The number of rotatable bonds is 5. The summed E-state index contributed by atoms with van der Waals surface area (Å²) in [4.78, 5) is 27.8. The van der Waals surface area contributed by atoms with Gasteiger partial charge in [-0.25, -0.2) is 4.79 Å². The van der Waals surface area contributed by atoms with Gasteiger partial charge in [-0.05, 0) is 50.6 Å². The molecule has 1 aliphatic rings. The Morgan fingerprint density at radius 1 is 1.27 bits per heavy atom. The number of nitrogens with one attached hydrogen (secondary N) is 3. The van der Waals surface area contributed by atoms with Crippen LogP contribution in [0, 0.1) is 6.92 Å². The highest BCUT2D eigenvalue weighted by Gasteiger charge is 2.30. The zero-order valence-corrected chi connectivity index (χ0v) is 18.8. The molecule has 2 aromatic rings. The molecule has 7 nitrogen and oxygen atoms in total. The Labute approximate surface area is 185 Å². The minimum absolute atomic E-state index is 0.169. The van der Waals surface area contributed by atoms with Gasteiger partial charge in [0.2, 0.25) is 0 Å². The molecule has 0 bridgehead atoms. The molecule has 2 aromatic carbocycles. The smallest absolute Gasteiger partial charge is 0.317 e. The second-order valence-electron chi connectivity index (χ2n) is 7.79. The number of amides is 3. The molecular formula is C21H25ClN4O3S. The lowest BCUT2D eigenvalue weighted by Crippen LogP contribution is -2.54. The van der Waals surface area contributed by atoms with Crippen molar-refractivity contribution in [2.45, 2.75) is 36.7 Å². The van der Waals surface area contributed by atoms with Crippen LogP contribution in [-0.2, 0) is 0 Å². The summed E-state index contributed by atoms with van der Waals surface area (Å²) < 4.78 is 0. The SMILES string of the molecule is Cc1cccc(Cl)c1NC(=O)c1ccc2c(c1)SC(NC(=O)NC(C)(C)CO)N2C. The van der Waals surface area contributed by atoms with Crippen LogP contribution in [0.4, 0.5) is 16.2 Å². The van der Waals surface area contributed by atoms with Gasteiger partial charge in [-0.15, -0.1) is 0 Å². The molecule has 1 heterocycles. The van der Waals surface area contributed by atoms with Crippen LogP contribution >= 0.6 is 23.4 Å². The van der Waals surface area contributed by atoms with Crippen LogP contribution in [0.5, 0.6) is 0 Å². The van der Waals surface area contributed by atoms with Gasteiger partial charge in [0, 0.05) is 17.5 Å². The van der Waals surface area contributed by atoms with E-state index in [4.69, 9.17) is 11.6 Å². The molecule has 160 valence electrons. The second kappa shape index (κ2) is 8.75. The first kappa shape index (κ1) is 22.3. The van der Waals surface area contributed by atoms with Gasteiger partial charge in [0.05, 0.1) is 28.5 Å². The van der Waals surface area contributed by atoms with E-state index in [1.54, 1.807) is 32.0 Å². The lowest BCUT2D eigenvalue weighted by molar-refractivity contribution is 0.102. The van der Waals surface area contributed by atoms with Gasteiger partial charge in [0.15, 0.2) is 5.50 Å². The molecule has 3 amide bonds. The first-order valence-electron chi connectivity index (χ1n) is 9.41. The maximum Gasteiger partial charge on any atom is 0.317 e. The molecule has 30 heavy (non-hydrogen) atoms. The average molecular weight is 449 g/mol. The highest BCUT2D eigenvalue weighted by atomic mass is 35.5. The molecule has 9 heteroatoms. The maximum atomic E-state index is 12.8. The zero-order chi connectivity index (χ0) is 22.1. The van der Waals surface area contributed by atoms with Crippen LogP contribution in [0.1, 0.15) is 29.8 Å². The third-order valence-electron chi connectivity index (χ3n) is 4.75. The summed E-state index contributed by atoms with van der Waals surface area (Å²) in [6, 6.07) is 10.5. The Balaban J connectivity index is 1.71. The van der Waals surface area contributed by atoms with Crippen LogP contribution in [0.3, 0.4) is 0 Å². The van der Waals surface area contributed by atoms with Crippen molar-refractivity contribution in [2.75, 3.05) is 23.9 Å². The molecule has 0 fully saturated rings. The summed E-state index contributed by atoms with van der Waals surface area (Å²) >= 11 is 7.65. The monoisotopic (exact) mass is 448 g/mol. The number of benzene rings is 2. The Morgan fingerprint density at radius 3 is 2.67 bits per heavy atom. The number of carbonyl (C=O) groups excluding carboxylic acids is 2. The van der Waals surface area contributed by atoms with Crippen LogP contribution in [-0.4, -0.2) is 41.7 Å². The Morgan fingerprint density at radius 2 is 2.00 bits per heavy atom. The topological polar surface area (TPSA) is 93.7 Å². The van der Waals surface area contributed by atoms with Crippen molar-refractivity contribution in [2.24, 2.45) is 0 Å². The van der Waals surface area contributed by atoms with Gasteiger partial charge in [-0.1, -0.05) is 35.5 Å². The Kier molecular flexibility index (Phi) is 6.50. The second-order valence-corrected chi connectivity index (χ2v) is 9.32. The van der Waals surface area contributed by atoms with Gasteiger partial charge < -0.3 is 26.0 Å². The van der Waals surface area contributed by atoms with Crippen molar-refractivity contribution >= 4 is 46.7 Å². The number of thioether (sulfide) groups is 1. The van der Waals surface area contributed by atoms with Gasteiger partial charge >= 0.3 is 6.03 Å². The highest BCUT2D eigenvalue weighted by molar-refractivity contribution is 8.00. The molecular weight excluding hydrogens is 424 g/mol. The predicted octanol–water partition coefficient (Wildman–Crippen LogP) is 3.80. The van der Waals surface area contributed by atoms with E-state index in [0.717, 1.165) is 16.1 Å². The van der Waals surface area contributed by atoms with Gasteiger partial charge in [-0.2, -0.15) is 0 Å². The molecule has 1 aliphatic heterocycles. The summed E-state index contributed by atoms with van der Waals surface area (Å²) in [6.07, 6.45) is 0. The van der Waals surface area contributed by atoms with Crippen molar-refractivity contribution in [3.8, 4) is 0 Å². The number of aliphatic hydroxyl groups excluding tert-OH is 1. The summed E-state index contributed by atoms with van der Waals surface area (Å²) in [7, 11) is 1.87. The van der Waals surface area contributed by atoms with Crippen molar-refractivity contribution in [1.82, 2.24) is 10.6 Å². The number of para-hydroxylation sites is 1. The summed E-state index contributed by atoms with van der Waals surface area (Å²) in [5, 5.41) is 18.3. The van der Waals surface area contributed by atoms with Gasteiger partial charge in [0.25, 0.3) is 5.91 Å². The van der Waals surface area contributed by atoms with E-state index >= 15 is 0 Å². The fraction of sp³-hybridized carbons (Fsp3) is 0.333. The summed E-state index contributed by atoms with van der Waals surface area (Å²) in [5.74, 6) is -0.254. The molecule has 3 rings (SSSR count). The lowest BCUT2D eigenvalue weighted by atomic mass is 10.1. The molecule has 0 aliphatic carbocycles. The number of aryl methyl sites for hydroxylation is 1. The number of aliphatic hydroxyl groups is 1. The minimum Gasteiger partial charge on any atom is -0.394 e. The van der Waals surface area contributed by atoms with E-state index in [1.807, 2.05) is 37.1 Å². The number of carbonyl (C=O) groups is 2. The van der Waals surface area contributed by atoms with E-state index in [9.17, 15) is 14.7 Å². The molecule has 1 atom stereocenters. The van der Waals surface area contributed by atoms with Crippen LogP contribution in [0.25, 0.3) is 0 Å². The number of nitrogens with zero attached hydrogens (tertiary/aromatic N) is 1. The number of hydrogen-bond donors (Lipinski definition) is 4. The number of fused-ring (bicyclic) bond motifs is 1. The largest absolute Gasteiger partial charge is 0.394 e. The Bertz CT molecular complexity index is 962. The van der Waals surface area contributed by atoms with Crippen molar-refractivity contribution < 1.29 is 14.7 Å².